The summed E-state index contributed by atoms with van der Waals surface area (Å²) < 4.78 is 23.5. The van der Waals surface area contributed by atoms with Crippen molar-refractivity contribution < 1.29 is 23.1 Å². The Bertz CT molecular complexity index is 634. The number of rotatable bonds is 7. The van der Waals surface area contributed by atoms with E-state index in [4.69, 9.17) is 5.11 Å². The van der Waals surface area contributed by atoms with E-state index in [1.165, 1.54) is 29.2 Å². The summed E-state index contributed by atoms with van der Waals surface area (Å²) in [5.74, 6) is -1.39. The van der Waals surface area contributed by atoms with Crippen molar-refractivity contribution in [3.05, 3.63) is 29.8 Å². The van der Waals surface area contributed by atoms with Gasteiger partial charge in [0.1, 0.15) is 6.54 Å². The Hall–Kier alpha value is -1.89. The van der Waals surface area contributed by atoms with E-state index in [0.717, 1.165) is 0 Å². The quantitative estimate of drug-likeness (QED) is 0.822. The summed E-state index contributed by atoms with van der Waals surface area (Å²) in [6, 6.07) is 5.58. The lowest BCUT2D eigenvalue weighted by Crippen LogP contribution is -2.38. The van der Waals surface area contributed by atoms with Crippen molar-refractivity contribution in [3.8, 4) is 0 Å². The zero-order valence-electron chi connectivity index (χ0n) is 12.9. The summed E-state index contributed by atoms with van der Waals surface area (Å²) in [5, 5.41) is 8.90. The van der Waals surface area contributed by atoms with Crippen molar-refractivity contribution in [2.45, 2.75) is 25.7 Å². The number of amides is 1. The average molecular weight is 327 g/mol. The van der Waals surface area contributed by atoms with Crippen molar-refractivity contribution in [2.75, 3.05) is 18.8 Å². The van der Waals surface area contributed by atoms with Gasteiger partial charge in [-0.3, -0.25) is 9.59 Å². The van der Waals surface area contributed by atoms with Gasteiger partial charge >= 0.3 is 5.97 Å². The Balaban J connectivity index is 3.02. The highest BCUT2D eigenvalue weighted by molar-refractivity contribution is 7.91. The minimum absolute atomic E-state index is 0.0151. The molecule has 0 fully saturated rings. The molecule has 1 amide bonds. The van der Waals surface area contributed by atoms with Gasteiger partial charge in [-0.15, -0.1) is 0 Å². The molecule has 0 aromatic heterocycles. The number of benzene rings is 1. The van der Waals surface area contributed by atoms with Crippen LogP contribution in [0.1, 0.15) is 31.1 Å². The molecule has 0 saturated carbocycles. The fourth-order valence-electron chi connectivity index (χ4n) is 1.98. The van der Waals surface area contributed by atoms with Gasteiger partial charge in [-0.2, -0.15) is 0 Å². The van der Waals surface area contributed by atoms with Crippen LogP contribution in [0.4, 0.5) is 0 Å². The summed E-state index contributed by atoms with van der Waals surface area (Å²) in [5.41, 5.74) is 0.275. The number of carbonyl (C=O) groups is 2. The average Bonchev–Trinajstić information content (AvgIpc) is 2.45. The van der Waals surface area contributed by atoms with Gasteiger partial charge in [-0.25, -0.2) is 8.42 Å². The number of hydrogen-bond donors (Lipinski definition) is 1. The van der Waals surface area contributed by atoms with Gasteiger partial charge in [-0.1, -0.05) is 20.8 Å². The van der Waals surface area contributed by atoms with Gasteiger partial charge in [0, 0.05) is 12.1 Å². The Kier molecular flexibility index (Phi) is 6.11. The third kappa shape index (κ3) is 4.84. The molecule has 1 aromatic carbocycles. The predicted octanol–water partition coefficient (Wildman–Crippen LogP) is 1.66. The first-order valence-corrected chi connectivity index (χ1v) is 8.66. The van der Waals surface area contributed by atoms with Gasteiger partial charge in [0.25, 0.3) is 5.91 Å². The van der Waals surface area contributed by atoms with Gasteiger partial charge < -0.3 is 10.0 Å². The number of carbonyl (C=O) groups excluding carboxylic acids is 1. The van der Waals surface area contributed by atoms with Crippen LogP contribution in [0, 0.1) is 5.92 Å². The third-order valence-corrected chi connectivity index (χ3v) is 4.79. The molecule has 0 heterocycles. The first-order valence-electron chi connectivity index (χ1n) is 7.01. The molecule has 0 aliphatic carbocycles. The topological polar surface area (TPSA) is 91.8 Å². The third-order valence-electron chi connectivity index (χ3n) is 3.04. The summed E-state index contributed by atoms with van der Waals surface area (Å²) in [6.07, 6.45) is 0. The SMILES string of the molecule is CCS(=O)(=O)c1ccc(C(=O)N(CC(=O)O)CC(C)C)cc1. The van der Waals surface area contributed by atoms with Crippen LogP contribution in [0.15, 0.2) is 29.2 Å². The molecule has 0 unspecified atom stereocenters. The van der Waals surface area contributed by atoms with Gasteiger partial charge in [0.15, 0.2) is 9.84 Å². The molecule has 6 nitrogen and oxygen atoms in total. The molecule has 0 aliphatic rings. The standard InChI is InChI=1S/C15H21NO5S/c1-4-22(20,21)13-7-5-12(6-8-13)15(19)16(9-11(2)3)10-14(17)18/h5-8,11H,4,9-10H2,1-3H3,(H,17,18). The van der Waals surface area contributed by atoms with Crippen molar-refractivity contribution in [3.63, 3.8) is 0 Å². The van der Waals surface area contributed by atoms with Crippen LogP contribution in [-0.4, -0.2) is 49.1 Å². The molecule has 0 aliphatic heterocycles. The Morgan fingerprint density at radius 3 is 2.14 bits per heavy atom. The molecule has 0 atom stereocenters. The van der Waals surface area contributed by atoms with E-state index in [0.29, 0.717) is 6.54 Å². The molecule has 122 valence electrons. The monoisotopic (exact) mass is 327 g/mol. The predicted molar refractivity (Wildman–Crippen MR) is 82.5 cm³/mol. The van der Waals surface area contributed by atoms with Gasteiger partial charge in [-0.05, 0) is 30.2 Å². The van der Waals surface area contributed by atoms with Crippen LogP contribution in [-0.2, 0) is 14.6 Å². The van der Waals surface area contributed by atoms with E-state index < -0.39 is 21.7 Å². The fraction of sp³-hybridized carbons (Fsp3) is 0.467. The number of aliphatic carboxylic acids is 1. The Labute approximate surface area is 130 Å². The maximum atomic E-state index is 12.4. The van der Waals surface area contributed by atoms with E-state index in [2.05, 4.69) is 0 Å². The second kappa shape index (κ2) is 7.40. The van der Waals surface area contributed by atoms with Crippen molar-refractivity contribution in [1.82, 2.24) is 4.90 Å². The first-order chi connectivity index (χ1) is 10.2. The van der Waals surface area contributed by atoms with Crippen LogP contribution < -0.4 is 0 Å². The number of hydrogen-bond acceptors (Lipinski definition) is 4. The number of carboxylic acids is 1. The first kappa shape index (κ1) is 18.2. The van der Waals surface area contributed by atoms with Crippen LogP contribution >= 0.6 is 0 Å². The lowest BCUT2D eigenvalue weighted by molar-refractivity contribution is -0.137. The second-order valence-electron chi connectivity index (χ2n) is 5.40. The summed E-state index contributed by atoms with van der Waals surface area (Å²) in [4.78, 5) is 24.6. The Morgan fingerprint density at radius 1 is 1.18 bits per heavy atom. The lowest BCUT2D eigenvalue weighted by Gasteiger charge is -2.22. The van der Waals surface area contributed by atoms with E-state index in [1.807, 2.05) is 13.8 Å². The minimum atomic E-state index is -3.32. The fourth-order valence-corrected chi connectivity index (χ4v) is 2.86. The molecule has 7 heteroatoms. The molecule has 1 N–H and O–H groups in total. The number of nitrogens with zero attached hydrogens (tertiary/aromatic N) is 1. The van der Waals surface area contributed by atoms with Gasteiger partial charge in [0.2, 0.25) is 0 Å². The van der Waals surface area contributed by atoms with Gasteiger partial charge in [0.05, 0.1) is 10.6 Å². The van der Waals surface area contributed by atoms with E-state index in [9.17, 15) is 18.0 Å². The zero-order valence-corrected chi connectivity index (χ0v) is 13.8. The number of sulfone groups is 1. The summed E-state index contributed by atoms with van der Waals surface area (Å²) >= 11 is 0. The second-order valence-corrected chi connectivity index (χ2v) is 7.68. The molecule has 1 aromatic rings. The highest BCUT2D eigenvalue weighted by Gasteiger charge is 2.20. The summed E-state index contributed by atoms with van der Waals surface area (Å²) in [7, 11) is -3.32. The van der Waals surface area contributed by atoms with Crippen LogP contribution in [0.3, 0.4) is 0 Å². The molecule has 0 bridgehead atoms. The normalized spacial score (nSPS) is 11.5. The molecule has 0 radical (unpaired) electrons. The maximum Gasteiger partial charge on any atom is 0.323 e. The maximum absolute atomic E-state index is 12.4. The molecule has 22 heavy (non-hydrogen) atoms. The van der Waals surface area contributed by atoms with E-state index in [1.54, 1.807) is 6.92 Å². The summed E-state index contributed by atoms with van der Waals surface area (Å²) in [6.45, 7) is 5.26. The molecular formula is C15H21NO5S. The number of carboxylic acid groups (broad SMARTS) is 1. The van der Waals surface area contributed by atoms with Crippen molar-refractivity contribution in [1.29, 1.82) is 0 Å². The van der Waals surface area contributed by atoms with Crippen molar-refractivity contribution >= 4 is 21.7 Å². The van der Waals surface area contributed by atoms with Crippen LogP contribution in [0.25, 0.3) is 0 Å². The van der Waals surface area contributed by atoms with E-state index in [-0.39, 0.29) is 28.7 Å². The molecule has 0 saturated heterocycles. The lowest BCUT2D eigenvalue weighted by atomic mass is 10.1. The minimum Gasteiger partial charge on any atom is -0.480 e. The highest BCUT2D eigenvalue weighted by atomic mass is 32.2. The van der Waals surface area contributed by atoms with E-state index >= 15 is 0 Å². The highest BCUT2D eigenvalue weighted by Crippen LogP contribution is 2.14. The van der Waals surface area contributed by atoms with Crippen LogP contribution in [0.5, 0.6) is 0 Å². The zero-order chi connectivity index (χ0) is 16.9. The molecular weight excluding hydrogens is 306 g/mol. The molecule has 1 rings (SSSR count). The largest absolute Gasteiger partial charge is 0.480 e. The van der Waals surface area contributed by atoms with Crippen LogP contribution in [0.2, 0.25) is 0 Å². The molecule has 0 spiro atoms. The van der Waals surface area contributed by atoms with Crippen molar-refractivity contribution in [2.24, 2.45) is 5.92 Å². The smallest absolute Gasteiger partial charge is 0.323 e. The Morgan fingerprint density at radius 2 is 1.73 bits per heavy atom.